The van der Waals surface area contributed by atoms with Crippen LogP contribution in [0.4, 0.5) is 5.69 Å². The van der Waals surface area contributed by atoms with Crippen molar-refractivity contribution in [3.05, 3.63) is 58.6 Å². The SMILES string of the molecule is Cc1cccc(NS(=O)(=O)c2ccccc2Cl)c1C. The normalized spacial score (nSPS) is 11.3. The van der Waals surface area contributed by atoms with Gasteiger partial charge in [0.05, 0.1) is 10.7 Å². The van der Waals surface area contributed by atoms with Gasteiger partial charge in [-0.05, 0) is 43.2 Å². The second-order valence-electron chi connectivity index (χ2n) is 4.28. The van der Waals surface area contributed by atoms with Crippen molar-refractivity contribution in [2.75, 3.05) is 4.72 Å². The topological polar surface area (TPSA) is 46.2 Å². The average Bonchev–Trinajstić information content (AvgIpc) is 2.35. The summed E-state index contributed by atoms with van der Waals surface area (Å²) in [5.41, 5.74) is 2.50. The van der Waals surface area contributed by atoms with E-state index in [0.29, 0.717) is 5.69 Å². The van der Waals surface area contributed by atoms with Crippen molar-refractivity contribution in [1.82, 2.24) is 0 Å². The summed E-state index contributed by atoms with van der Waals surface area (Å²) in [6, 6.07) is 11.9. The van der Waals surface area contributed by atoms with Gasteiger partial charge in [0.1, 0.15) is 4.90 Å². The summed E-state index contributed by atoms with van der Waals surface area (Å²) in [4.78, 5) is 0.0811. The van der Waals surface area contributed by atoms with E-state index < -0.39 is 10.0 Å². The molecule has 0 spiro atoms. The molecular weight excluding hydrogens is 282 g/mol. The van der Waals surface area contributed by atoms with Crippen LogP contribution in [0.25, 0.3) is 0 Å². The van der Waals surface area contributed by atoms with Crippen LogP contribution < -0.4 is 4.72 Å². The first kappa shape index (κ1) is 13.9. The Kier molecular flexibility index (Phi) is 3.83. The summed E-state index contributed by atoms with van der Waals surface area (Å²) in [6.07, 6.45) is 0. The van der Waals surface area contributed by atoms with Crippen molar-refractivity contribution < 1.29 is 8.42 Å². The molecule has 3 nitrogen and oxygen atoms in total. The van der Waals surface area contributed by atoms with Gasteiger partial charge >= 0.3 is 0 Å². The highest BCUT2D eigenvalue weighted by molar-refractivity contribution is 7.92. The monoisotopic (exact) mass is 295 g/mol. The number of anilines is 1. The molecule has 100 valence electrons. The van der Waals surface area contributed by atoms with Crippen molar-refractivity contribution in [3.63, 3.8) is 0 Å². The maximum atomic E-state index is 12.3. The van der Waals surface area contributed by atoms with Gasteiger partial charge in [-0.2, -0.15) is 0 Å². The molecule has 0 amide bonds. The molecule has 0 aliphatic heterocycles. The average molecular weight is 296 g/mol. The third-order valence-corrected chi connectivity index (χ3v) is 4.84. The van der Waals surface area contributed by atoms with Crippen LogP contribution in [-0.2, 0) is 10.0 Å². The number of hydrogen-bond acceptors (Lipinski definition) is 2. The maximum Gasteiger partial charge on any atom is 0.263 e. The highest BCUT2D eigenvalue weighted by atomic mass is 35.5. The lowest BCUT2D eigenvalue weighted by molar-refractivity contribution is 0.601. The highest BCUT2D eigenvalue weighted by Crippen LogP contribution is 2.25. The smallest absolute Gasteiger partial charge is 0.263 e. The first-order valence-electron chi connectivity index (χ1n) is 5.75. The standard InChI is InChI=1S/C14H14ClNO2S/c1-10-6-5-8-13(11(10)2)16-19(17,18)14-9-4-3-7-12(14)15/h3-9,16H,1-2H3. The molecule has 0 radical (unpaired) electrons. The summed E-state index contributed by atoms with van der Waals surface area (Å²) < 4.78 is 27.2. The van der Waals surface area contributed by atoms with Crippen molar-refractivity contribution in [1.29, 1.82) is 0 Å². The molecule has 0 unspecified atom stereocenters. The summed E-state index contributed by atoms with van der Waals surface area (Å²) in [6.45, 7) is 3.81. The summed E-state index contributed by atoms with van der Waals surface area (Å²) in [5.74, 6) is 0. The molecule has 19 heavy (non-hydrogen) atoms. The second kappa shape index (κ2) is 5.23. The Morgan fingerprint density at radius 2 is 1.68 bits per heavy atom. The lowest BCUT2D eigenvalue weighted by Gasteiger charge is -2.12. The molecule has 0 fully saturated rings. The quantitative estimate of drug-likeness (QED) is 0.937. The van der Waals surface area contributed by atoms with Crippen LogP contribution in [0.5, 0.6) is 0 Å². The lowest BCUT2D eigenvalue weighted by atomic mass is 10.1. The Morgan fingerprint density at radius 1 is 1.00 bits per heavy atom. The fourth-order valence-electron chi connectivity index (χ4n) is 1.72. The summed E-state index contributed by atoms with van der Waals surface area (Å²) in [5, 5.41) is 0.209. The van der Waals surface area contributed by atoms with E-state index in [1.807, 2.05) is 26.0 Å². The second-order valence-corrected chi connectivity index (χ2v) is 6.34. The highest BCUT2D eigenvalue weighted by Gasteiger charge is 2.18. The maximum absolute atomic E-state index is 12.3. The molecule has 0 aliphatic carbocycles. The van der Waals surface area contributed by atoms with Crippen molar-refractivity contribution >= 4 is 27.3 Å². The number of nitrogens with one attached hydrogen (secondary N) is 1. The largest absolute Gasteiger partial charge is 0.279 e. The molecule has 0 saturated carbocycles. The van der Waals surface area contributed by atoms with Gasteiger partial charge in [-0.15, -0.1) is 0 Å². The van der Waals surface area contributed by atoms with E-state index in [4.69, 9.17) is 11.6 Å². The minimum absolute atomic E-state index is 0.0811. The molecule has 0 saturated heterocycles. The van der Waals surface area contributed by atoms with Gasteiger partial charge in [0.25, 0.3) is 10.0 Å². The van der Waals surface area contributed by atoms with Crippen LogP contribution in [0.15, 0.2) is 47.4 Å². The third kappa shape index (κ3) is 2.91. The zero-order chi connectivity index (χ0) is 14.0. The molecule has 5 heteroatoms. The van der Waals surface area contributed by atoms with Gasteiger partial charge in [-0.1, -0.05) is 35.9 Å². The summed E-state index contributed by atoms with van der Waals surface area (Å²) >= 11 is 5.93. The summed E-state index contributed by atoms with van der Waals surface area (Å²) in [7, 11) is -3.67. The number of halogens is 1. The van der Waals surface area contributed by atoms with E-state index in [1.165, 1.54) is 6.07 Å². The van der Waals surface area contributed by atoms with Gasteiger partial charge in [0.15, 0.2) is 0 Å². The Bertz CT molecular complexity index is 711. The van der Waals surface area contributed by atoms with E-state index in [1.54, 1.807) is 24.3 Å². The van der Waals surface area contributed by atoms with Crippen LogP contribution >= 0.6 is 11.6 Å². The van der Waals surface area contributed by atoms with Crippen molar-refractivity contribution in [2.24, 2.45) is 0 Å². The first-order valence-corrected chi connectivity index (χ1v) is 7.61. The van der Waals surface area contributed by atoms with E-state index in [2.05, 4.69) is 4.72 Å². The zero-order valence-corrected chi connectivity index (χ0v) is 12.2. The van der Waals surface area contributed by atoms with E-state index in [-0.39, 0.29) is 9.92 Å². The number of hydrogen-bond donors (Lipinski definition) is 1. The molecule has 0 atom stereocenters. The van der Waals surface area contributed by atoms with Crippen LogP contribution in [0.3, 0.4) is 0 Å². The first-order chi connectivity index (χ1) is 8.92. The fraction of sp³-hybridized carbons (Fsp3) is 0.143. The molecule has 0 aromatic heterocycles. The number of aryl methyl sites for hydroxylation is 1. The van der Waals surface area contributed by atoms with E-state index >= 15 is 0 Å². The molecule has 0 bridgehead atoms. The predicted octanol–water partition coefficient (Wildman–Crippen LogP) is 3.76. The lowest BCUT2D eigenvalue weighted by Crippen LogP contribution is -2.14. The zero-order valence-electron chi connectivity index (χ0n) is 10.6. The molecule has 2 aromatic carbocycles. The minimum atomic E-state index is -3.67. The van der Waals surface area contributed by atoms with Crippen LogP contribution in [0, 0.1) is 13.8 Å². The van der Waals surface area contributed by atoms with Gasteiger partial charge in [0.2, 0.25) is 0 Å². The predicted molar refractivity (Wildman–Crippen MR) is 78.2 cm³/mol. The Hall–Kier alpha value is -1.52. The van der Waals surface area contributed by atoms with Crippen molar-refractivity contribution in [3.8, 4) is 0 Å². The van der Waals surface area contributed by atoms with Gasteiger partial charge in [-0.3, -0.25) is 4.72 Å². The molecular formula is C14H14ClNO2S. The van der Waals surface area contributed by atoms with Gasteiger partial charge in [-0.25, -0.2) is 8.42 Å². The van der Waals surface area contributed by atoms with Crippen LogP contribution in [0.1, 0.15) is 11.1 Å². The van der Waals surface area contributed by atoms with E-state index in [9.17, 15) is 8.42 Å². The van der Waals surface area contributed by atoms with Crippen LogP contribution in [-0.4, -0.2) is 8.42 Å². The number of benzene rings is 2. The molecule has 2 aromatic rings. The Morgan fingerprint density at radius 3 is 2.37 bits per heavy atom. The third-order valence-electron chi connectivity index (χ3n) is 2.98. The fourth-order valence-corrected chi connectivity index (χ4v) is 3.37. The van der Waals surface area contributed by atoms with E-state index in [0.717, 1.165) is 11.1 Å². The number of rotatable bonds is 3. The van der Waals surface area contributed by atoms with Crippen LogP contribution in [0.2, 0.25) is 5.02 Å². The minimum Gasteiger partial charge on any atom is -0.279 e. The van der Waals surface area contributed by atoms with Gasteiger partial charge in [0, 0.05) is 0 Å². The molecule has 2 rings (SSSR count). The number of sulfonamides is 1. The van der Waals surface area contributed by atoms with Gasteiger partial charge < -0.3 is 0 Å². The molecule has 0 heterocycles. The Balaban J connectivity index is 2.43. The van der Waals surface area contributed by atoms with Crippen molar-refractivity contribution in [2.45, 2.75) is 18.7 Å². The Labute approximate surface area is 118 Å². The molecule has 1 N–H and O–H groups in total. The molecule has 0 aliphatic rings.